The molecule has 0 N–H and O–H groups in total. The van der Waals surface area contributed by atoms with Gasteiger partial charge in [0.1, 0.15) is 5.82 Å². The summed E-state index contributed by atoms with van der Waals surface area (Å²) in [7, 11) is 7.35. The van der Waals surface area contributed by atoms with Gasteiger partial charge in [-0.05, 0) is 93.6 Å². The largest absolute Gasteiger partial charge is 0.493 e. The van der Waals surface area contributed by atoms with Crippen LogP contribution in [0.4, 0.5) is 4.39 Å². The van der Waals surface area contributed by atoms with Crippen LogP contribution < -0.4 is 9.47 Å². The van der Waals surface area contributed by atoms with E-state index in [1.165, 1.54) is 6.07 Å². The number of rotatable bonds is 8. The molecule has 3 aromatic rings. The van der Waals surface area contributed by atoms with Crippen molar-refractivity contribution in [3.8, 4) is 22.9 Å². The number of benzene rings is 2. The predicted octanol–water partition coefficient (Wildman–Crippen LogP) is 6.02. The molecule has 0 bridgehead atoms. The zero-order valence-electron chi connectivity index (χ0n) is 20.2. The first kappa shape index (κ1) is 24.0. The molecule has 1 saturated carbocycles. The Kier molecular flexibility index (Phi) is 7.63. The van der Waals surface area contributed by atoms with E-state index in [0.717, 1.165) is 36.8 Å². The van der Waals surface area contributed by atoms with Crippen molar-refractivity contribution in [3.63, 3.8) is 0 Å². The minimum Gasteiger partial charge on any atom is -0.493 e. The lowest BCUT2D eigenvalue weighted by Gasteiger charge is -2.37. The highest BCUT2D eigenvalue weighted by molar-refractivity contribution is 5.61. The highest BCUT2D eigenvalue weighted by Crippen LogP contribution is 2.40. The molecule has 0 aliphatic heterocycles. The lowest BCUT2D eigenvalue weighted by molar-refractivity contribution is 0.159. The summed E-state index contributed by atoms with van der Waals surface area (Å²) in [4.78, 5) is 6.72. The van der Waals surface area contributed by atoms with E-state index in [-0.39, 0.29) is 11.9 Å². The average molecular weight is 466 g/mol. The summed E-state index contributed by atoms with van der Waals surface area (Å²) in [6, 6.07) is 12.8. The molecule has 0 saturated heterocycles. The van der Waals surface area contributed by atoms with Crippen LogP contribution in [0.5, 0.6) is 11.5 Å². The van der Waals surface area contributed by atoms with Crippen LogP contribution in [0, 0.1) is 17.7 Å². The highest BCUT2D eigenvalue weighted by atomic mass is 19.1. The topological polar surface area (TPSA) is 60.6 Å². The van der Waals surface area contributed by atoms with Crippen molar-refractivity contribution in [2.45, 2.75) is 31.7 Å². The van der Waals surface area contributed by atoms with Gasteiger partial charge in [0.2, 0.25) is 5.82 Å². The zero-order chi connectivity index (χ0) is 24.1. The number of aromatic nitrogens is 2. The minimum absolute atomic E-state index is 0.173. The van der Waals surface area contributed by atoms with Crippen molar-refractivity contribution in [1.82, 2.24) is 15.0 Å². The Labute approximate surface area is 200 Å². The summed E-state index contributed by atoms with van der Waals surface area (Å²) >= 11 is 0. The molecular weight excluding hydrogens is 433 g/mol. The second-order valence-electron chi connectivity index (χ2n) is 9.02. The fourth-order valence-corrected chi connectivity index (χ4v) is 4.95. The number of methoxy groups -OCH3 is 2. The van der Waals surface area contributed by atoms with E-state index in [9.17, 15) is 4.39 Å². The summed E-state index contributed by atoms with van der Waals surface area (Å²) in [5, 5.41) is 4.11. The van der Waals surface area contributed by atoms with E-state index >= 15 is 0 Å². The molecule has 1 aliphatic rings. The first-order valence-electron chi connectivity index (χ1n) is 11.6. The Hall–Kier alpha value is -3.19. The van der Waals surface area contributed by atoms with Crippen LogP contribution in [0.25, 0.3) is 17.5 Å². The number of ether oxygens (including phenoxy) is 2. The fourth-order valence-electron chi connectivity index (χ4n) is 4.95. The van der Waals surface area contributed by atoms with Crippen molar-refractivity contribution < 1.29 is 18.4 Å². The average Bonchev–Trinajstić information content (AvgIpc) is 3.32. The molecule has 0 amide bonds. The standard InChI is InChI=1S/C27H32FN3O3/c1-31(2)26(20-6-5-7-22(28)16-20)19-11-8-18(9-12-19)10-15-25-29-27(30-34-25)21-13-14-23(32-3)24(17-21)33-4/h5-7,10,13-19,26H,8-9,11-12H2,1-4H3. The zero-order valence-corrected chi connectivity index (χ0v) is 20.2. The molecule has 1 aliphatic carbocycles. The molecule has 1 heterocycles. The maximum absolute atomic E-state index is 13.8. The summed E-state index contributed by atoms with van der Waals surface area (Å²) in [5.41, 5.74) is 1.85. The van der Waals surface area contributed by atoms with Crippen molar-refractivity contribution in [2.75, 3.05) is 28.3 Å². The van der Waals surface area contributed by atoms with Crippen LogP contribution in [-0.2, 0) is 0 Å². The van der Waals surface area contributed by atoms with E-state index in [2.05, 4.69) is 35.2 Å². The molecule has 2 aromatic carbocycles. The normalized spacial score (nSPS) is 19.5. The molecule has 7 heteroatoms. The van der Waals surface area contributed by atoms with E-state index < -0.39 is 0 Å². The molecule has 1 atom stereocenters. The van der Waals surface area contributed by atoms with Gasteiger partial charge < -0.3 is 18.9 Å². The lowest BCUT2D eigenvalue weighted by Crippen LogP contribution is -2.30. The molecule has 180 valence electrons. The Balaban J connectivity index is 1.38. The second-order valence-corrected chi connectivity index (χ2v) is 9.02. The van der Waals surface area contributed by atoms with Crippen molar-refractivity contribution in [2.24, 2.45) is 11.8 Å². The molecule has 4 rings (SSSR count). The van der Waals surface area contributed by atoms with Gasteiger partial charge in [-0.15, -0.1) is 0 Å². The lowest BCUT2D eigenvalue weighted by atomic mass is 9.76. The number of halogens is 1. The molecule has 34 heavy (non-hydrogen) atoms. The van der Waals surface area contributed by atoms with Crippen molar-refractivity contribution >= 4 is 6.08 Å². The Bertz CT molecular complexity index is 1120. The van der Waals surface area contributed by atoms with Crippen LogP contribution >= 0.6 is 0 Å². The predicted molar refractivity (Wildman–Crippen MR) is 130 cm³/mol. The molecule has 1 fully saturated rings. The van der Waals surface area contributed by atoms with Gasteiger partial charge in [0.15, 0.2) is 11.5 Å². The van der Waals surface area contributed by atoms with E-state index in [1.807, 2.05) is 30.3 Å². The number of hydrogen-bond donors (Lipinski definition) is 0. The quantitative estimate of drug-likeness (QED) is 0.406. The number of allylic oxidation sites excluding steroid dienone is 1. The van der Waals surface area contributed by atoms with Crippen LogP contribution in [0.3, 0.4) is 0 Å². The highest BCUT2D eigenvalue weighted by Gasteiger charge is 2.29. The summed E-state index contributed by atoms with van der Waals surface area (Å²) in [5.74, 6) is 3.05. The maximum Gasteiger partial charge on any atom is 0.250 e. The van der Waals surface area contributed by atoms with Gasteiger partial charge >= 0.3 is 0 Å². The molecule has 1 unspecified atom stereocenters. The third-order valence-electron chi connectivity index (χ3n) is 6.60. The van der Waals surface area contributed by atoms with Crippen LogP contribution in [0.1, 0.15) is 43.2 Å². The maximum atomic E-state index is 13.8. The summed E-state index contributed by atoms with van der Waals surface area (Å²) in [6.07, 6.45) is 8.44. The Morgan fingerprint density at radius 3 is 2.47 bits per heavy atom. The van der Waals surface area contributed by atoms with Crippen molar-refractivity contribution in [3.05, 3.63) is 65.8 Å². The third-order valence-corrected chi connectivity index (χ3v) is 6.60. The summed E-state index contributed by atoms with van der Waals surface area (Å²) < 4.78 is 29.9. The number of nitrogens with zero attached hydrogens (tertiary/aromatic N) is 3. The van der Waals surface area contributed by atoms with Gasteiger partial charge in [0, 0.05) is 11.6 Å². The van der Waals surface area contributed by atoms with Crippen molar-refractivity contribution in [1.29, 1.82) is 0 Å². The SMILES string of the molecule is COc1ccc(-c2noc(C=CC3CCC(C(c4cccc(F)c4)N(C)C)CC3)n2)cc1OC. The van der Waals surface area contributed by atoms with Crippen LogP contribution in [0.2, 0.25) is 0 Å². The Morgan fingerprint density at radius 1 is 1.03 bits per heavy atom. The summed E-state index contributed by atoms with van der Waals surface area (Å²) in [6.45, 7) is 0. The van der Waals surface area contributed by atoms with Gasteiger partial charge in [0.25, 0.3) is 5.89 Å². The molecular formula is C27H32FN3O3. The molecule has 0 spiro atoms. The minimum atomic E-state index is -0.173. The number of hydrogen-bond acceptors (Lipinski definition) is 6. The van der Waals surface area contributed by atoms with Gasteiger partial charge in [-0.25, -0.2) is 4.39 Å². The van der Waals surface area contributed by atoms with Gasteiger partial charge in [0.05, 0.1) is 14.2 Å². The van der Waals surface area contributed by atoms with Gasteiger partial charge in [-0.2, -0.15) is 4.98 Å². The second kappa shape index (κ2) is 10.8. The third kappa shape index (κ3) is 5.47. The molecule has 1 aromatic heterocycles. The molecule has 0 radical (unpaired) electrons. The van der Waals surface area contributed by atoms with Gasteiger partial charge in [-0.3, -0.25) is 0 Å². The van der Waals surface area contributed by atoms with E-state index in [0.29, 0.717) is 35.0 Å². The van der Waals surface area contributed by atoms with E-state index in [1.54, 1.807) is 26.4 Å². The smallest absolute Gasteiger partial charge is 0.250 e. The molecule has 6 nitrogen and oxygen atoms in total. The van der Waals surface area contributed by atoms with Gasteiger partial charge in [-0.1, -0.05) is 23.4 Å². The first-order valence-corrected chi connectivity index (χ1v) is 11.6. The first-order chi connectivity index (χ1) is 16.5. The van der Waals surface area contributed by atoms with E-state index in [4.69, 9.17) is 14.0 Å². The monoisotopic (exact) mass is 465 g/mol. The van der Waals surface area contributed by atoms with Crippen LogP contribution in [-0.4, -0.2) is 43.4 Å². The Morgan fingerprint density at radius 2 is 1.79 bits per heavy atom. The fraction of sp³-hybridized carbons (Fsp3) is 0.407. The van der Waals surface area contributed by atoms with Crippen LogP contribution in [0.15, 0.2) is 53.1 Å².